The zero-order valence-electron chi connectivity index (χ0n) is 10.6. The van der Waals surface area contributed by atoms with Crippen LogP contribution in [0.1, 0.15) is 29.0 Å². The lowest BCUT2D eigenvalue weighted by Gasteiger charge is -2.16. The van der Waals surface area contributed by atoms with Crippen LogP contribution < -0.4 is 0 Å². The van der Waals surface area contributed by atoms with E-state index in [1.807, 2.05) is 43.3 Å². The number of carboxylic acids is 1. The van der Waals surface area contributed by atoms with Crippen molar-refractivity contribution in [1.82, 2.24) is 0 Å². The molecule has 0 saturated heterocycles. The maximum atomic E-state index is 11.1. The fourth-order valence-corrected chi connectivity index (χ4v) is 2.31. The molecule has 0 aromatic heterocycles. The lowest BCUT2D eigenvalue weighted by molar-refractivity contribution is -0.137. The summed E-state index contributed by atoms with van der Waals surface area (Å²) in [6.07, 6.45) is 0.0745. The molecule has 0 aliphatic rings. The lowest BCUT2D eigenvalue weighted by Crippen LogP contribution is -2.08. The SMILES string of the molecule is Cc1cccc(C(CC(=O)O)c2ccc(Cl)cc2)c1. The van der Waals surface area contributed by atoms with E-state index in [1.165, 1.54) is 0 Å². The van der Waals surface area contributed by atoms with E-state index >= 15 is 0 Å². The molecule has 0 spiro atoms. The van der Waals surface area contributed by atoms with Crippen molar-refractivity contribution in [3.8, 4) is 0 Å². The van der Waals surface area contributed by atoms with Crippen LogP contribution in [0.2, 0.25) is 5.02 Å². The van der Waals surface area contributed by atoms with Gasteiger partial charge in [-0.25, -0.2) is 0 Å². The summed E-state index contributed by atoms with van der Waals surface area (Å²) in [4.78, 5) is 11.1. The van der Waals surface area contributed by atoms with Gasteiger partial charge >= 0.3 is 5.97 Å². The third kappa shape index (κ3) is 3.58. The molecule has 0 aliphatic heterocycles. The first-order valence-corrected chi connectivity index (χ1v) is 6.48. The van der Waals surface area contributed by atoms with E-state index in [-0.39, 0.29) is 12.3 Å². The van der Waals surface area contributed by atoms with Crippen LogP contribution >= 0.6 is 11.6 Å². The molecule has 0 radical (unpaired) electrons. The Bertz CT molecular complexity index is 576. The second kappa shape index (κ2) is 5.89. The average molecular weight is 275 g/mol. The van der Waals surface area contributed by atoms with Crippen molar-refractivity contribution in [3.63, 3.8) is 0 Å². The standard InChI is InChI=1S/C16H15ClO2/c1-11-3-2-4-13(9-11)15(10-16(18)19)12-5-7-14(17)8-6-12/h2-9,15H,10H2,1H3,(H,18,19). The Labute approximate surface area is 117 Å². The van der Waals surface area contributed by atoms with Crippen LogP contribution in [0.4, 0.5) is 0 Å². The van der Waals surface area contributed by atoms with Gasteiger partial charge < -0.3 is 5.11 Å². The Morgan fingerprint density at radius 3 is 2.42 bits per heavy atom. The fourth-order valence-electron chi connectivity index (χ4n) is 2.18. The van der Waals surface area contributed by atoms with Gasteiger partial charge in [0.25, 0.3) is 0 Å². The Morgan fingerprint density at radius 2 is 1.84 bits per heavy atom. The molecule has 3 heteroatoms. The third-order valence-corrected chi connectivity index (χ3v) is 3.35. The summed E-state index contributed by atoms with van der Waals surface area (Å²) >= 11 is 5.88. The normalized spacial score (nSPS) is 12.1. The van der Waals surface area contributed by atoms with Crippen LogP contribution in [-0.2, 0) is 4.79 Å². The molecule has 0 aliphatic carbocycles. The van der Waals surface area contributed by atoms with Gasteiger partial charge in [-0.05, 0) is 30.2 Å². The monoisotopic (exact) mass is 274 g/mol. The van der Waals surface area contributed by atoms with Crippen LogP contribution in [0.15, 0.2) is 48.5 Å². The summed E-state index contributed by atoms with van der Waals surface area (Å²) in [5, 5.41) is 9.76. The summed E-state index contributed by atoms with van der Waals surface area (Å²) in [6, 6.07) is 15.3. The third-order valence-electron chi connectivity index (χ3n) is 3.10. The van der Waals surface area contributed by atoms with E-state index in [0.29, 0.717) is 5.02 Å². The zero-order chi connectivity index (χ0) is 13.8. The van der Waals surface area contributed by atoms with Gasteiger partial charge in [-0.2, -0.15) is 0 Å². The first-order chi connectivity index (χ1) is 9.06. The number of carbonyl (C=O) groups is 1. The molecule has 2 aromatic carbocycles. The molecular weight excluding hydrogens is 260 g/mol. The van der Waals surface area contributed by atoms with E-state index in [9.17, 15) is 4.79 Å². The van der Waals surface area contributed by atoms with Crippen molar-refractivity contribution in [1.29, 1.82) is 0 Å². The molecule has 98 valence electrons. The van der Waals surface area contributed by atoms with Crippen LogP contribution in [0.5, 0.6) is 0 Å². The number of halogens is 1. The number of carboxylic acid groups (broad SMARTS) is 1. The molecule has 19 heavy (non-hydrogen) atoms. The van der Waals surface area contributed by atoms with Crippen LogP contribution in [0.25, 0.3) is 0 Å². The van der Waals surface area contributed by atoms with Crippen molar-refractivity contribution < 1.29 is 9.90 Å². The van der Waals surface area contributed by atoms with Gasteiger partial charge in [0.15, 0.2) is 0 Å². The van der Waals surface area contributed by atoms with Crippen LogP contribution in [0.3, 0.4) is 0 Å². The van der Waals surface area contributed by atoms with E-state index in [4.69, 9.17) is 16.7 Å². The minimum Gasteiger partial charge on any atom is -0.481 e. The molecule has 1 unspecified atom stereocenters. The highest BCUT2D eigenvalue weighted by molar-refractivity contribution is 6.30. The summed E-state index contributed by atoms with van der Waals surface area (Å²) in [7, 11) is 0. The molecule has 0 saturated carbocycles. The minimum absolute atomic E-state index is 0.0745. The molecule has 1 N–H and O–H groups in total. The van der Waals surface area contributed by atoms with E-state index in [2.05, 4.69) is 0 Å². The maximum Gasteiger partial charge on any atom is 0.304 e. The minimum atomic E-state index is -0.804. The zero-order valence-corrected chi connectivity index (χ0v) is 11.4. The number of hydrogen-bond donors (Lipinski definition) is 1. The van der Waals surface area contributed by atoms with Gasteiger partial charge in [0.1, 0.15) is 0 Å². The van der Waals surface area contributed by atoms with Crippen LogP contribution in [-0.4, -0.2) is 11.1 Å². The first-order valence-electron chi connectivity index (χ1n) is 6.10. The summed E-state index contributed by atoms with van der Waals surface area (Å²) in [6.45, 7) is 2.00. The van der Waals surface area contributed by atoms with Gasteiger partial charge in [0.2, 0.25) is 0 Å². The van der Waals surface area contributed by atoms with E-state index in [0.717, 1.165) is 16.7 Å². The highest BCUT2D eigenvalue weighted by atomic mass is 35.5. The molecule has 0 fully saturated rings. The van der Waals surface area contributed by atoms with Crippen molar-refractivity contribution in [2.75, 3.05) is 0 Å². The van der Waals surface area contributed by atoms with Gasteiger partial charge in [-0.1, -0.05) is 53.6 Å². The van der Waals surface area contributed by atoms with Gasteiger partial charge in [0, 0.05) is 10.9 Å². The average Bonchev–Trinajstić information content (AvgIpc) is 2.37. The maximum absolute atomic E-state index is 11.1. The molecule has 1 atom stereocenters. The van der Waals surface area contributed by atoms with Crippen molar-refractivity contribution in [3.05, 3.63) is 70.2 Å². The number of aliphatic carboxylic acids is 1. The number of hydrogen-bond acceptors (Lipinski definition) is 1. The molecule has 0 bridgehead atoms. The number of aryl methyl sites for hydroxylation is 1. The quantitative estimate of drug-likeness (QED) is 0.905. The van der Waals surface area contributed by atoms with Gasteiger partial charge in [0.05, 0.1) is 6.42 Å². The van der Waals surface area contributed by atoms with Crippen molar-refractivity contribution in [2.24, 2.45) is 0 Å². The number of benzene rings is 2. The smallest absolute Gasteiger partial charge is 0.304 e. The lowest BCUT2D eigenvalue weighted by atomic mass is 9.88. The highest BCUT2D eigenvalue weighted by Gasteiger charge is 2.17. The fraction of sp³-hybridized carbons (Fsp3) is 0.188. The topological polar surface area (TPSA) is 37.3 Å². The van der Waals surface area contributed by atoms with E-state index in [1.54, 1.807) is 12.1 Å². The van der Waals surface area contributed by atoms with E-state index < -0.39 is 5.97 Å². The predicted molar refractivity (Wildman–Crippen MR) is 76.7 cm³/mol. The Balaban J connectivity index is 2.40. The van der Waals surface area contributed by atoms with Crippen LogP contribution in [0, 0.1) is 6.92 Å². The predicted octanol–water partition coefficient (Wildman–Crippen LogP) is 4.26. The van der Waals surface area contributed by atoms with Gasteiger partial charge in [-0.3, -0.25) is 4.79 Å². The Hall–Kier alpha value is -1.80. The molecule has 2 nitrogen and oxygen atoms in total. The Kier molecular flexibility index (Phi) is 4.23. The van der Waals surface area contributed by atoms with Crippen molar-refractivity contribution in [2.45, 2.75) is 19.3 Å². The highest BCUT2D eigenvalue weighted by Crippen LogP contribution is 2.29. The summed E-state index contributed by atoms with van der Waals surface area (Å²) in [5.41, 5.74) is 3.11. The molecule has 0 heterocycles. The molecule has 2 rings (SSSR count). The number of rotatable bonds is 4. The largest absolute Gasteiger partial charge is 0.481 e. The summed E-state index contributed by atoms with van der Waals surface area (Å²) < 4.78 is 0. The van der Waals surface area contributed by atoms with Crippen molar-refractivity contribution >= 4 is 17.6 Å². The molecular formula is C16H15ClO2. The summed E-state index contributed by atoms with van der Waals surface area (Å²) in [5.74, 6) is -0.948. The Morgan fingerprint density at radius 1 is 1.16 bits per heavy atom. The van der Waals surface area contributed by atoms with Gasteiger partial charge in [-0.15, -0.1) is 0 Å². The second-order valence-electron chi connectivity index (χ2n) is 4.62. The first kappa shape index (κ1) is 13.6. The molecule has 2 aromatic rings. The second-order valence-corrected chi connectivity index (χ2v) is 5.05. The molecule has 0 amide bonds.